The number of anilines is 2. The number of carbonyl (C=O) groups is 1. The molecule has 0 spiro atoms. The molecule has 0 saturated carbocycles. The smallest absolute Gasteiger partial charge is 0.325 e. The molecule has 1 N–H and O–H groups in total. The summed E-state index contributed by atoms with van der Waals surface area (Å²) in [7, 11) is -4.13. The molecule has 0 heterocycles. The standard InChI is InChI=1S/C22H18ClF3N2O3S/c1-15-2-10-19(11-3-15)28(32(30,31)20-12-6-17(23)7-13-20)14-21(29)27-18-8-4-16(5-9-18)22(24,25)26/h2-13H,14H2,1H3,(H,27,29). The Bertz CT molecular complexity index is 1200. The molecule has 0 aliphatic rings. The van der Waals surface area contributed by atoms with Crippen LogP contribution < -0.4 is 9.62 Å². The van der Waals surface area contributed by atoms with Gasteiger partial charge < -0.3 is 5.32 Å². The zero-order chi connectivity index (χ0) is 23.5. The van der Waals surface area contributed by atoms with Gasteiger partial charge in [0.25, 0.3) is 10.0 Å². The van der Waals surface area contributed by atoms with Crippen LogP contribution in [0.4, 0.5) is 24.5 Å². The third-order valence-electron chi connectivity index (χ3n) is 4.51. The molecule has 3 rings (SSSR count). The maximum absolute atomic E-state index is 13.2. The Morgan fingerprint density at radius 1 is 0.938 bits per heavy atom. The molecule has 0 aliphatic carbocycles. The number of hydrogen-bond acceptors (Lipinski definition) is 3. The molecule has 3 aromatic carbocycles. The van der Waals surface area contributed by atoms with Crippen LogP contribution in [-0.4, -0.2) is 20.9 Å². The van der Waals surface area contributed by atoms with Crippen LogP contribution in [-0.2, 0) is 21.0 Å². The molecule has 0 saturated heterocycles. The van der Waals surface area contributed by atoms with E-state index in [2.05, 4.69) is 5.32 Å². The molecule has 0 atom stereocenters. The van der Waals surface area contributed by atoms with Gasteiger partial charge in [0.15, 0.2) is 0 Å². The van der Waals surface area contributed by atoms with E-state index in [0.29, 0.717) is 5.02 Å². The third-order valence-corrected chi connectivity index (χ3v) is 6.55. The molecule has 0 unspecified atom stereocenters. The van der Waals surface area contributed by atoms with Gasteiger partial charge in [-0.3, -0.25) is 9.10 Å². The number of carbonyl (C=O) groups excluding carboxylic acids is 1. The van der Waals surface area contributed by atoms with Crippen molar-refractivity contribution in [3.05, 3.63) is 88.9 Å². The van der Waals surface area contributed by atoms with Gasteiger partial charge in [-0.2, -0.15) is 13.2 Å². The van der Waals surface area contributed by atoms with Crippen LogP contribution in [0.25, 0.3) is 0 Å². The SMILES string of the molecule is Cc1ccc(N(CC(=O)Nc2ccc(C(F)(F)F)cc2)S(=O)(=O)c2ccc(Cl)cc2)cc1. The van der Waals surface area contributed by atoms with Crippen molar-refractivity contribution in [2.45, 2.75) is 18.0 Å². The number of alkyl halides is 3. The molecule has 0 radical (unpaired) electrons. The first-order valence-corrected chi connectivity index (χ1v) is 11.1. The maximum atomic E-state index is 13.2. The summed E-state index contributed by atoms with van der Waals surface area (Å²) in [4.78, 5) is 12.6. The van der Waals surface area contributed by atoms with E-state index in [1.165, 1.54) is 24.3 Å². The van der Waals surface area contributed by atoms with E-state index in [1.807, 2.05) is 6.92 Å². The van der Waals surface area contributed by atoms with Gasteiger partial charge in [0.05, 0.1) is 16.1 Å². The lowest BCUT2D eigenvalue weighted by molar-refractivity contribution is -0.137. The topological polar surface area (TPSA) is 66.5 Å². The maximum Gasteiger partial charge on any atom is 0.416 e. The fourth-order valence-corrected chi connectivity index (χ4v) is 4.38. The molecule has 0 bridgehead atoms. The fraction of sp³-hybridized carbons (Fsp3) is 0.136. The van der Waals surface area contributed by atoms with Crippen LogP contribution in [0.3, 0.4) is 0 Å². The van der Waals surface area contributed by atoms with Gasteiger partial charge >= 0.3 is 6.18 Å². The van der Waals surface area contributed by atoms with Gasteiger partial charge in [-0.1, -0.05) is 29.3 Å². The molecular weight excluding hydrogens is 465 g/mol. The van der Waals surface area contributed by atoms with Gasteiger partial charge in [-0.25, -0.2) is 8.42 Å². The summed E-state index contributed by atoms with van der Waals surface area (Å²) >= 11 is 5.85. The highest BCUT2D eigenvalue weighted by atomic mass is 35.5. The summed E-state index contributed by atoms with van der Waals surface area (Å²) < 4.78 is 65.6. The zero-order valence-corrected chi connectivity index (χ0v) is 18.3. The molecule has 5 nitrogen and oxygen atoms in total. The van der Waals surface area contributed by atoms with Crippen molar-refractivity contribution in [1.29, 1.82) is 0 Å². The Morgan fingerprint density at radius 2 is 1.50 bits per heavy atom. The Kier molecular flexibility index (Phi) is 6.80. The number of sulfonamides is 1. The number of benzene rings is 3. The van der Waals surface area contributed by atoms with Crippen molar-refractivity contribution in [3.8, 4) is 0 Å². The van der Waals surface area contributed by atoms with E-state index >= 15 is 0 Å². The molecule has 32 heavy (non-hydrogen) atoms. The lowest BCUT2D eigenvalue weighted by Gasteiger charge is -2.24. The highest BCUT2D eigenvalue weighted by molar-refractivity contribution is 7.92. The Morgan fingerprint density at radius 3 is 2.03 bits per heavy atom. The Balaban J connectivity index is 1.88. The van der Waals surface area contributed by atoms with E-state index in [-0.39, 0.29) is 16.3 Å². The molecule has 0 aromatic heterocycles. The summed E-state index contributed by atoms with van der Waals surface area (Å²) in [6, 6.07) is 15.9. The van der Waals surface area contributed by atoms with Crippen molar-refractivity contribution in [1.82, 2.24) is 0 Å². The second-order valence-electron chi connectivity index (χ2n) is 6.92. The number of amides is 1. The molecule has 0 fully saturated rings. The normalized spacial score (nSPS) is 11.8. The quantitative estimate of drug-likeness (QED) is 0.504. The Labute approximate surface area is 188 Å². The molecule has 10 heteroatoms. The number of nitrogens with one attached hydrogen (secondary N) is 1. The summed E-state index contributed by atoms with van der Waals surface area (Å²) in [5.74, 6) is -0.720. The number of aryl methyl sites for hydroxylation is 1. The van der Waals surface area contributed by atoms with E-state index in [9.17, 15) is 26.4 Å². The van der Waals surface area contributed by atoms with Crippen LogP contribution in [0.1, 0.15) is 11.1 Å². The van der Waals surface area contributed by atoms with Crippen LogP contribution in [0.15, 0.2) is 77.7 Å². The number of rotatable bonds is 6. The van der Waals surface area contributed by atoms with E-state index < -0.39 is 34.2 Å². The lowest BCUT2D eigenvalue weighted by Crippen LogP contribution is -2.38. The van der Waals surface area contributed by atoms with Gasteiger partial charge in [0.1, 0.15) is 6.54 Å². The predicted octanol–water partition coefficient (Wildman–Crippen LogP) is 5.50. The van der Waals surface area contributed by atoms with E-state index in [4.69, 9.17) is 11.6 Å². The van der Waals surface area contributed by atoms with Crippen LogP contribution in [0, 0.1) is 6.92 Å². The van der Waals surface area contributed by atoms with Crippen molar-refractivity contribution in [2.75, 3.05) is 16.2 Å². The summed E-state index contributed by atoms with van der Waals surface area (Å²) in [5.41, 5.74) is 0.401. The zero-order valence-electron chi connectivity index (χ0n) is 16.7. The largest absolute Gasteiger partial charge is 0.416 e. The summed E-state index contributed by atoms with van der Waals surface area (Å²) in [6.45, 7) is 1.24. The summed E-state index contributed by atoms with van der Waals surface area (Å²) in [5, 5.41) is 2.78. The van der Waals surface area contributed by atoms with Gasteiger partial charge in [0.2, 0.25) is 5.91 Å². The van der Waals surface area contributed by atoms with Crippen LogP contribution in [0.5, 0.6) is 0 Å². The van der Waals surface area contributed by atoms with Crippen LogP contribution >= 0.6 is 11.6 Å². The highest BCUT2D eigenvalue weighted by Crippen LogP contribution is 2.30. The van der Waals surface area contributed by atoms with Gasteiger partial charge in [0, 0.05) is 10.7 Å². The number of nitrogens with zero attached hydrogens (tertiary/aromatic N) is 1. The van der Waals surface area contributed by atoms with Crippen LogP contribution in [0.2, 0.25) is 5.02 Å². The van der Waals surface area contributed by atoms with Crippen molar-refractivity contribution in [3.63, 3.8) is 0 Å². The van der Waals surface area contributed by atoms with Gasteiger partial charge in [-0.05, 0) is 67.6 Å². The molecule has 1 amide bonds. The van der Waals surface area contributed by atoms with Crippen molar-refractivity contribution in [2.24, 2.45) is 0 Å². The first-order chi connectivity index (χ1) is 15.0. The molecule has 0 aliphatic heterocycles. The average molecular weight is 483 g/mol. The third kappa shape index (κ3) is 5.60. The Hall–Kier alpha value is -3.04. The first kappa shape index (κ1) is 23.6. The highest BCUT2D eigenvalue weighted by Gasteiger charge is 2.30. The molecular formula is C22H18ClF3N2O3S. The molecule has 168 valence electrons. The molecule has 3 aromatic rings. The monoisotopic (exact) mass is 482 g/mol. The average Bonchev–Trinajstić information content (AvgIpc) is 2.73. The predicted molar refractivity (Wildman–Crippen MR) is 117 cm³/mol. The first-order valence-electron chi connectivity index (χ1n) is 9.29. The second kappa shape index (κ2) is 9.22. The summed E-state index contributed by atoms with van der Waals surface area (Å²) in [6.07, 6.45) is -4.50. The minimum Gasteiger partial charge on any atom is -0.325 e. The fourth-order valence-electron chi connectivity index (χ4n) is 2.83. The van der Waals surface area contributed by atoms with Crippen molar-refractivity contribution >= 4 is 38.9 Å². The minimum atomic E-state index is -4.50. The van der Waals surface area contributed by atoms with Crippen molar-refractivity contribution < 1.29 is 26.4 Å². The van der Waals surface area contributed by atoms with E-state index in [0.717, 1.165) is 34.1 Å². The van der Waals surface area contributed by atoms with E-state index in [1.54, 1.807) is 24.3 Å². The number of hydrogen-bond donors (Lipinski definition) is 1. The van der Waals surface area contributed by atoms with Gasteiger partial charge in [-0.15, -0.1) is 0 Å². The minimum absolute atomic E-state index is 0.0650. The number of halogens is 4. The second-order valence-corrected chi connectivity index (χ2v) is 9.22. The lowest BCUT2D eigenvalue weighted by atomic mass is 10.2.